The molecule has 26 heavy (non-hydrogen) atoms. The van der Waals surface area contributed by atoms with Gasteiger partial charge in [-0.05, 0) is 37.6 Å². The molecule has 0 aliphatic rings. The number of benzene rings is 2. The van der Waals surface area contributed by atoms with Crippen LogP contribution >= 0.6 is 0 Å². The maximum atomic E-state index is 12.6. The Balaban J connectivity index is 2.15. The van der Waals surface area contributed by atoms with Gasteiger partial charge in [0.05, 0.1) is 11.3 Å². The van der Waals surface area contributed by atoms with E-state index in [0.29, 0.717) is 5.49 Å². The number of carbonyl (C=O) groups excluding carboxylic acids is 1. The van der Waals surface area contributed by atoms with Crippen molar-refractivity contribution in [2.24, 2.45) is 4.99 Å². The molecule has 0 saturated carbocycles. The summed E-state index contributed by atoms with van der Waals surface area (Å²) >= 11 is 0. The highest BCUT2D eigenvalue weighted by Crippen LogP contribution is 2.16. The molecule has 1 aromatic heterocycles. The minimum absolute atomic E-state index is 0.0605. The highest BCUT2D eigenvalue weighted by molar-refractivity contribution is 5.97. The van der Waals surface area contributed by atoms with Gasteiger partial charge in [-0.3, -0.25) is 9.48 Å². The Kier molecular flexibility index (Phi) is 5.37. The predicted octanol–water partition coefficient (Wildman–Crippen LogP) is 3.83. The number of phenols is 1. The van der Waals surface area contributed by atoms with E-state index in [-0.39, 0.29) is 11.3 Å². The van der Waals surface area contributed by atoms with E-state index < -0.39 is 5.91 Å². The number of amides is 1. The molecule has 0 spiro atoms. The van der Waals surface area contributed by atoms with Gasteiger partial charge in [0, 0.05) is 18.3 Å². The molecular formula is C21H23N3O2. The first-order chi connectivity index (χ1) is 12.6. The second-order valence-electron chi connectivity index (χ2n) is 6.20. The Hall–Kier alpha value is -3.08. The molecule has 0 saturated heterocycles. The number of aromatic nitrogens is 2. The Morgan fingerprint density at radius 2 is 1.77 bits per heavy atom. The highest BCUT2D eigenvalue weighted by atomic mass is 16.3. The molecule has 0 fully saturated rings. The second kappa shape index (κ2) is 7.87. The van der Waals surface area contributed by atoms with Crippen molar-refractivity contribution in [1.29, 1.82) is 0 Å². The molecule has 0 radical (unpaired) electrons. The van der Waals surface area contributed by atoms with Crippen molar-refractivity contribution in [2.45, 2.75) is 33.2 Å². The van der Waals surface area contributed by atoms with Crippen LogP contribution in [0.2, 0.25) is 0 Å². The van der Waals surface area contributed by atoms with Gasteiger partial charge in [-0.2, -0.15) is 4.99 Å². The van der Waals surface area contributed by atoms with Crippen molar-refractivity contribution in [3.63, 3.8) is 0 Å². The number of hydrogen-bond donors (Lipinski definition) is 1. The van der Waals surface area contributed by atoms with Crippen LogP contribution in [-0.4, -0.2) is 20.4 Å². The molecule has 1 N–H and O–H groups in total. The van der Waals surface area contributed by atoms with E-state index in [1.165, 1.54) is 6.07 Å². The van der Waals surface area contributed by atoms with E-state index in [4.69, 9.17) is 0 Å². The molecule has 0 aliphatic carbocycles. The number of phenolic OH excluding ortho intramolecular Hbond substituents is 1. The van der Waals surface area contributed by atoms with Crippen LogP contribution in [0, 0.1) is 6.92 Å². The molecule has 0 bridgehead atoms. The molecule has 3 rings (SSSR count). The van der Waals surface area contributed by atoms with E-state index in [1.54, 1.807) is 18.2 Å². The first kappa shape index (κ1) is 17.7. The first-order valence-electron chi connectivity index (χ1n) is 8.83. The van der Waals surface area contributed by atoms with Gasteiger partial charge in [-0.15, -0.1) is 0 Å². The minimum atomic E-state index is -0.458. The van der Waals surface area contributed by atoms with Crippen LogP contribution in [0.4, 0.5) is 0 Å². The summed E-state index contributed by atoms with van der Waals surface area (Å²) in [6.07, 6.45) is 2.12. The average molecular weight is 349 g/mol. The van der Waals surface area contributed by atoms with Crippen LogP contribution in [0.15, 0.2) is 65.7 Å². The predicted molar refractivity (Wildman–Crippen MR) is 101 cm³/mol. The van der Waals surface area contributed by atoms with Gasteiger partial charge in [-0.1, -0.05) is 43.7 Å². The first-order valence-corrected chi connectivity index (χ1v) is 8.83. The molecule has 3 aromatic rings. The average Bonchev–Trinajstić information content (AvgIpc) is 2.95. The van der Waals surface area contributed by atoms with Crippen molar-refractivity contribution >= 4 is 5.91 Å². The van der Waals surface area contributed by atoms with E-state index in [9.17, 15) is 9.90 Å². The van der Waals surface area contributed by atoms with E-state index in [2.05, 4.69) is 16.6 Å². The smallest absolute Gasteiger partial charge is 0.282 e. The molecule has 0 unspecified atom stereocenters. The number of carbonyl (C=O) groups is 1. The van der Waals surface area contributed by atoms with E-state index >= 15 is 0 Å². The molecule has 134 valence electrons. The van der Waals surface area contributed by atoms with Crippen LogP contribution in [-0.2, 0) is 6.54 Å². The van der Waals surface area contributed by atoms with Gasteiger partial charge in [0.1, 0.15) is 5.75 Å². The third-order valence-electron chi connectivity index (χ3n) is 4.28. The lowest BCUT2D eigenvalue weighted by Crippen LogP contribution is -2.24. The standard InChI is InChI=1S/C21H23N3O2/c1-3-4-14-23-16(2)15-20(24(23)17-10-6-5-7-11-17)22-21(26)18-12-8-9-13-19(18)25/h5-13,15,25H,3-4,14H2,1-2H3. The van der Waals surface area contributed by atoms with Crippen molar-refractivity contribution in [2.75, 3.05) is 0 Å². The van der Waals surface area contributed by atoms with Crippen LogP contribution < -0.4 is 5.49 Å². The van der Waals surface area contributed by atoms with Crippen LogP contribution in [0.1, 0.15) is 35.8 Å². The zero-order valence-corrected chi connectivity index (χ0v) is 15.1. The summed E-state index contributed by atoms with van der Waals surface area (Å²) in [5.41, 5.74) is 2.73. The Bertz CT molecular complexity index is 968. The largest absolute Gasteiger partial charge is 0.507 e. The molecule has 0 aliphatic heterocycles. The lowest BCUT2D eigenvalue weighted by molar-refractivity contribution is 0.0994. The number of aryl methyl sites for hydroxylation is 1. The fraction of sp³-hybridized carbons (Fsp3) is 0.238. The van der Waals surface area contributed by atoms with Gasteiger partial charge >= 0.3 is 0 Å². The minimum Gasteiger partial charge on any atom is -0.507 e. The molecular weight excluding hydrogens is 326 g/mol. The molecule has 0 atom stereocenters. The summed E-state index contributed by atoms with van der Waals surface area (Å²) in [7, 11) is 0. The number of aromatic hydroxyl groups is 1. The summed E-state index contributed by atoms with van der Waals surface area (Å²) in [4.78, 5) is 16.9. The van der Waals surface area contributed by atoms with Crippen molar-refractivity contribution in [3.05, 3.63) is 77.4 Å². The number of para-hydroxylation sites is 2. The third kappa shape index (κ3) is 3.61. The zero-order chi connectivity index (χ0) is 18.5. The summed E-state index contributed by atoms with van der Waals surface area (Å²) < 4.78 is 4.10. The maximum Gasteiger partial charge on any atom is 0.282 e. The fourth-order valence-corrected chi connectivity index (χ4v) is 2.93. The maximum absolute atomic E-state index is 12.6. The number of nitrogens with zero attached hydrogens (tertiary/aromatic N) is 3. The van der Waals surface area contributed by atoms with Gasteiger partial charge in [-0.25, -0.2) is 4.68 Å². The summed E-state index contributed by atoms with van der Waals surface area (Å²) in [5, 5.41) is 9.93. The summed E-state index contributed by atoms with van der Waals surface area (Å²) in [6, 6.07) is 18.2. The number of hydrogen-bond acceptors (Lipinski definition) is 2. The van der Waals surface area contributed by atoms with Gasteiger partial charge in [0.25, 0.3) is 5.91 Å². The highest BCUT2D eigenvalue weighted by Gasteiger charge is 2.13. The summed E-state index contributed by atoms with van der Waals surface area (Å²) in [6.45, 7) is 5.01. The molecule has 1 heterocycles. The lowest BCUT2D eigenvalue weighted by atomic mass is 10.2. The number of unbranched alkanes of at least 4 members (excludes halogenated alkanes) is 1. The summed E-state index contributed by atoms with van der Waals surface area (Å²) in [5.74, 6) is -0.518. The Morgan fingerprint density at radius 1 is 1.08 bits per heavy atom. The lowest BCUT2D eigenvalue weighted by Gasteiger charge is -2.14. The Labute approximate surface area is 152 Å². The van der Waals surface area contributed by atoms with Crippen LogP contribution in [0.5, 0.6) is 5.75 Å². The SMILES string of the molecule is CCCCn1c(C)cc(=NC(=O)c2ccccc2O)n1-c1ccccc1. The van der Waals surface area contributed by atoms with Crippen molar-refractivity contribution < 1.29 is 9.90 Å². The molecule has 5 heteroatoms. The zero-order valence-electron chi connectivity index (χ0n) is 15.1. The van der Waals surface area contributed by atoms with Crippen LogP contribution in [0.25, 0.3) is 5.69 Å². The van der Waals surface area contributed by atoms with E-state index in [0.717, 1.165) is 30.8 Å². The number of rotatable bonds is 5. The van der Waals surface area contributed by atoms with Crippen molar-refractivity contribution in [3.8, 4) is 11.4 Å². The third-order valence-corrected chi connectivity index (χ3v) is 4.28. The topological polar surface area (TPSA) is 59.5 Å². The monoisotopic (exact) mass is 349 g/mol. The quantitative estimate of drug-likeness (QED) is 0.761. The normalized spacial score (nSPS) is 11.7. The van der Waals surface area contributed by atoms with E-state index in [1.807, 2.05) is 48.0 Å². The Morgan fingerprint density at radius 3 is 2.46 bits per heavy atom. The van der Waals surface area contributed by atoms with Crippen molar-refractivity contribution in [1.82, 2.24) is 9.36 Å². The van der Waals surface area contributed by atoms with Gasteiger partial charge in [0.2, 0.25) is 0 Å². The van der Waals surface area contributed by atoms with Gasteiger partial charge in [0.15, 0.2) is 5.49 Å². The molecule has 5 nitrogen and oxygen atoms in total. The van der Waals surface area contributed by atoms with Gasteiger partial charge < -0.3 is 5.11 Å². The second-order valence-corrected chi connectivity index (χ2v) is 6.20. The molecule has 2 aromatic carbocycles. The molecule has 1 amide bonds. The van der Waals surface area contributed by atoms with Crippen LogP contribution in [0.3, 0.4) is 0 Å². The fourth-order valence-electron chi connectivity index (χ4n) is 2.93.